The van der Waals surface area contributed by atoms with Crippen LogP contribution in [0.5, 0.6) is 0 Å². The first-order chi connectivity index (χ1) is 13.2. The molecule has 6 nitrogen and oxygen atoms in total. The van der Waals surface area contributed by atoms with E-state index in [1.54, 1.807) is 6.07 Å². The maximum Gasteiger partial charge on any atom is 0.293 e. The van der Waals surface area contributed by atoms with Crippen LogP contribution in [0.4, 0.5) is 25.8 Å². The topological polar surface area (TPSA) is 75.5 Å². The van der Waals surface area contributed by atoms with Crippen LogP contribution in [0.25, 0.3) is 0 Å². The van der Waals surface area contributed by atoms with Crippen LogP contribution in [0, 0.1) is 33.6 Å². The van der Waals surface area contributed by atoms with Gasteiger partial charge in [0.15, 0.2) is 0 Å². The molecular formula is C20H21F2N3O3. The second-order valence-electron chi connectivity index (χ2n) is 7.42. The molecule has 1 fully saturated rings. The number of hydrogen-bond donors (Lipinski definition) is 1. The van der Waals surface area contributed by atoms with E-state index in [0.29, 0.717) is 36.7 Å². The van der Waals surface area contributed by atoms with E-state index in [4.69, 9.17) is 0 Å². The third-order valence-electron chi connectivity index (χ3n) is 4.76. The highest BCUT2D eigenvalue weighted by molar-refractivity contribution is 6.05. The summed E-state index contributed by atoms with van der Waals surface area (Å²) in [4.78, 5) is 25.5. The van der Waals surface area contributed by atoms with Gasteiger partial charge >= 0.3 is 0 Å². The molecule has 2 aromatic rings. The van der Waals surface area contributed by atoms with Gasteiger partial charge in [-0.25, -0.2) is 8.78 Å². The van der Waals surface area contributed by atoms with E-state index in [0.717, 1.165) is 18.6 Å². The van der Waals surface area contributed by atoms with E-state index >= 15 is 0 Å². The molecule has 1 saturated heterocycles. The fraction of sp³-hybridized carbons (Fsp3) is 0.350. The van der Waals surface area contributed by atoms with Gasteiger partial charge < -0.3 is 10.2 Å². The first-order valence-electron chi connectivity index (χ1n) is 9.03. The van der Waals surface area contributed by atoms with Gasteiger partial charge in [-0.1, -0.05) is 13.8 Å². The Balaban J connectivity index is 1.87. The number of nitro benzene ring substituents is 1. The van der Waals surface area contributed by atoms with E-state index in [1.807, 2.05) is 4.90 Å². The van der Waals surface area contributed by atoms with Gasteiger partial charge in [0.05, 0.1) is 4.92 Å². The third kappa shape index (κ3) is 4.44. The normalized spacial score (nSPS) is 19.4. The summed E-state index contributed by atoms with van der Waals surface area (Å²) < 4.78 is 26.6. The molecular weight excluding hydrogens is 368 g/mol. The smallest absolute Gasteiger partial charge is 0.293 e. The van der Waals surface area contributed by atoms with Crippen molar-refractivity contribution in [3.63, 3.8) is 0 Å². The summed E-state index contributed by atoms with van der Waals surface area (Å²) in [7, 11) is 0. The first-order valence-corrected chi connectivity index (χ1v) is 9.03. The summed E-state index contributed by atoms with van der Waals surface area (Å²) in [6.45, 7) is 5.63. The van der Waals surface area contributed by atoms with E-state index < -0.39 is 22.5 Å². The number of nitrogens with zero attached hydrogens (tertiary/aromatic N) is 2. The minimum Gasteiger partial charge on any atom is -0.365 e. The van der Waals surface area contributed by atoms with Gasteiger partial charge in [0.25, 0.3) is 11.6 Å². The fourth-order valence-corrected chi connectivity index (χ4v) is 3.77. The molecule has 28 heavy (non-hydrogen) atoms. The molecule has 0 aliphatic carbocycles. The van der Waals surface area contributed by atoms with Crippen LogP contribution in [0.3, 0.4) is 0 Å². The Morgan fingerprint density at radius 2 is 1.71 bits per heavy atom. The SMILES string of the molecule is CC1CC(C)CN(c2ccc(C(=O)Nc3cc(F)cc(F)c3)cc2[N+](=O)[O-])C1. The van der Waals surface area contributed by atoms with Gasteiger partial charge in [-0.05, 0) is 42.5 Å². The van der Waals surface area contributed by atoms with Crippen LogP contribution in [0.2, 0.25) is 0 Å². The van der Waals surface area contributed by atoms with Crippen LogP contribution < -0.4 is 10.2 Å². The Bertz CT molecular complexity index is 889. The minimum atomic E-state index is -0.829. The summed E-state index contributed by atoms with van der Waals surface area (Å²) in [6.07, 6.45) is 1.06. The average Bonchev–Trinajstić information content (AvgIpc) is 2.59. The van der Waals surface area contributed by atoms with E-state index in [2.05, 4.69) is 19.2 Å². The minimum absolute atomic E-state index is 0.0400. The molecule has 0 radical (unpaired) electrons. The predicted octanol–water partition coefficient (Wildman–Crippen LogP) is 4.61. The number of anilines is 2. The molecule has 3 rings (SSSR count). The largest absolute Gasteiger partial charge is 0.365 e. The Labute approximate surface area is 161 Å². The van der Waals surface area contributed by atoms with E-state index in [9.17, 15) is 23.7 Å². The van der Waals surface area contributed by atoms with E-state index in [-0.39, 0.29) is 16.9 Å². The molecule has 2 aromatic carbocycles. The molecule has 8 heteroatoms. The molecule has 1 amide bonds. The molecule has 1 aliphatic rings. The Kier molecular flexibility index (Phi) is 5.58. The lowest BCUT2D eigenvalue weighted by Crippen LogP contribution is -2.39. The van der Waals surface area contributed by atoms with Crippen molar-refractivity contribution in [1.29, 1.82) is 0 Å². The standard InChI is InChI=1S/C20H21F2N3O3/c1-12-5-13(2)11-24(10-12)18-4-3-14(6-19(18)25(27)28)20(26)23-17-8-15(21)7-16(22)9-17/h3-4,6-9,12-13H,5,10-11H2,1-2H3,(H,23,26). The number of nitro groups is 1. The Morgan fingerprint density at radius 3 is 2.29 bits per heavy atom. The number of amides is 1. The van der Waals surface area contributed by atoms with Crippen molar-refractivity contribution in [1.82, 2.24) is 0 Å². The zero-order valence-corrected chi connectivity index (χ0v) is 15.6. The number of rotatable bonds is 4. The quantitative estimate of drug-likeness (QED) is 0.612. The summed E-state index contributed by atoms with van der Waals surface area (Å²) in [6, 6.07) is 6.88. The molecule has 1 N–H and O–H groups in total. The van der Waals surface area contributed by atoms with Crippen LogP contribution >= 0.6 is 0 Å². The molecule has 148 valence electrons. The highest BCUT2D eigenvalue weighted by Crippen LogP contribution is 2.34. The van der Waals surface area contributed by atoms with Gasteiger partial charge in [-0.15, -0.1) is 0 Å². The average molecular weight is 389 g/mol. The molecule has 1 aliphatic heterocycles. The molecule has 2 atom stereocenters. The van der Waals surface area contributed by atoms with Crippen molar-refractivity contribution in [2.75, 3.05) is 23.3 Å². The monoisotopic (exact) mass is 389 g/mol. The number of carbonyl (C=O) groups is 1. The number of benzene rings is 2. The number of hydrogen-bond acceptors (Lipinski definition) is 4. The van der Waals surface area contributed by atoms with Crippen molar-refractivity contribution in [3.05, 3.63) is 63.7 Å². The zero-order valence-electron chi connectivity index (χ0n) is 15.6. The van der Waals surface area contributed by atoms with Crippen LogP contribution in [-0.4, -0.2) is 23.9 Å². The second-order valence-corrected chi connectivity index (χ2v) is 7.42. The first kappa shape index (κ1) is 19.7. The van der Waals surface area contributed by atoms with E-state index in [1.165, 1.54) is 12.1 Å². The van der Waals surface area contributed by atoms with Crippen molar-refractivity contribution < 1.29 is 18.5 Å². The maximum atomic E-state index is 13.3. The number of halogens is 2. The second kappa shape index (κ2) is 7.92. The lowest BCUT2D eigenvalue weighted by molar-refractivity contribution is -0.384. The lowest BCUT2D eigenvalue weighted by Gasteiger charge is -2.36. The molecule has 2 unspecified atom stereocenters. The number of piperidine rings is 1. The highest BCUT2D eigenvalue weighted by atomic mass is 19.1. The van der Waals surface area contributed by atoms with Crippen LogP contribution in [0.1, 0.15) is 30.6 Å². The van der Waals surface area contributed by atoms with Gasteiger partial charge in [0, 0.05) is 36.5 Å². The number of nitrogens with one attached hydrogen (secondary N) is 1. The summed E-state index contributed by atoms with van der Waals surface area (Å²) in [5.74, 6) is -1.52. The molecule has 1 heterocycles. The number of carbonyl (C=O) groups excluding carboxylic acids is 1. The van der Waals surface area contributed by atoms with Crippen molar-refractivity contribution in [3.8, 4) is 0 Å². The summed E-state index contributed by atoms with van der Waals surface area (Å²) in [5, 5.41) is 14.0. The van der Waals surface area contributed by atoms with Crippen molar-refractivity contribution in [2.45, 2.75) is 20.3 Å². The summed E-state index contributed by atoms with van der Waals surface area (Å²) >= 11 is 0. The third-order valence-corrected chi connectivity index (χ3v) is 4.76. The van der Waals surface area contributed by atoms with Gasteiger partial charge in [-0.2, -0.15) is 0 Å². The van der Waals surface area contributed by atoms with Gasteiger partial charge in [-0.3, -0.25) is 14.9 Å². The van der Waals surface area contributed by atoms with Crippen molar-refractivity contribution in [2.24, 2.45) is 11.8 Å². The molecule has 0 spiro atoms. The lowest BCUT2D eigenvalue weighted by atomic mass is 9.91. The Hall–Kier alpha value is -3.03. The predicted molar refractivity (Wildman–Crippen MR) is 103 cm³/mol. The van der Waals surface area contributed by atoms with Crippen LogP contribution in [0.15, 0.2) is 36.4 Å². The maximum absolute atomic E-state index is 13.3. The van der Waals surface area contributed by atoms with Crippen molar-refractivity contribution >= 4 is 23.0 Å². The fourth-order valence-electron chi connectivity index (χ4n) is 3.77. The molecule has 0 bridgehead atoms. The zero-order chi connectivity index (χ0) is 20.4. The van der Waals surface area contributed by atoms with Gasteiger partial charge in [0.1, 0.15) is 17.3 Å². The van der Waals surface area contributed by atoms with Crippen LogP contribution in [-0.2, 0) is 0 Å². The van der Waals surface area contributed by atoms with Gasteiger partial charge in [0.2, 0.25) is 0 Å². The Morgan fingerprint density at radius 1 is 1.11 bits per heavy atom. The summed E-state index contributed by atoms with van der Waals surface area (Å²) in [5.41, 5.74) is 0.280. The molecule has 0 saturated carbocycles. The molecule has 0 aromatic heterocycles. The highest BCUT2D eigenvalue weighted by Gasteiger charge is 2.28.